The van der Waals surface area contributed by atoms with Gasteiger partial charge in [-0.25, -0.2) is 4.79 Å². The molecule has 0 aromatic heterocycles. The molecule has 0 aliphatic heterocycles. The number of aromatic carboxylic acids is 1. The molecule has 0 bridgehead atoms. The van der Waals surface area contributed by atoms with E-state index >= 15 is 0 Å². The second-order valence-corrected chi connectivity index (χ2v) is 5.06. The van der Waals surface area contributed by atoms with Gasteiger partial charge >= 0.3 is 5.97 Å². The summed E-state index contributed by atoms with van der Waals surface area (Å²) in [6.45, 7) is 8.24. The highest BCUT2D eigenvalue weighted by molar-refractivity contribution is 5.95. The highest BCUT2D eigenvalue weighted by Gasteiger charge is 2.17. The zero-order valence-corrected chi connectivity index (χ0v) is 12.4. The van der Waals surface area contributed by atoms with Gasteiger partial charge < -0.3 is 15.3 Å². The first-order valence-corrected chi connectivity index (χ1v) is 6.73. The van der Waals surface area contributed by atoms with Crippen LogP contribution in [0.3, 0.4) is 0 Å². The Bertz CT molecular complexity index is 498. The van der Waals surface area contributed by atoms with Crippen LogP contribution in [0.15, 0.2) is 18.2 Å². The van der Waals surface area contributed by atoms with E-state index in [1.165, 1.54) is 0 Å². The summed E-state index contributed by atoms with van der Waals surface area (Å²) < 4.78 is 0. The molecule has 5 heteroatoms. The molecule has 0 aliphatic carbocycles. The Balaban J connectivity index is 3.00. The second-order valence-electron chi connectivity index (χ2n) is 5.06. The number of anilines is 1. The molecule has 0 fully saturated rings. The van der Waals surface area contributed by atoms with Gasteiger partial charge in [-0.1, -0.05) is 11.6 Å². The summed E-state index contributed by atoms with van der Waals surface area (Å²) >= 11 is 0. The summed E-state index contributed by atoms with van der Waals surface area (Å²) in [5.74, 6) is -1.09. The molecular formula is C15H22N2O3. The van der Waals surface area contributed by atoms with Crippen LogP contribution in [0.5, 0.6) is 0 Å². The van der Waals surface area contributed by atoms with Crippen molar-refractivity contribution in [3.8, 4) is 0 Å². The Morgan fingerprint density at radius 2 is 2.00 bits per heavy atom. The maximum absolute atomic E-state index is 11.8. The maximum Gasteiger partial charge on any atom is 0.337 e. The average molecular weight is 278 g/mol. The maximum atomic E-state index is 11.8. The zero-order valence-electron chi connectivity index (χ0n) is 12.4. The summed E-state index contributed by atoms with van der Waals surface area (Å²) in [4.78, 5) is 24.9. The van der Waals surface area contributed by atoms with Crippen molar-refractivity contribution >= 4 is 17.6 Å². The van der Waals surface area contributed by atoms with Gasteiger partial charge in [-0.05, 0) is 39.8 Å². The molecule has 1 aromatic carbocycles. The number of carbonyl (C=O) groups excluding carboxylic acids is 1. The number of carbonyl (C=O) groups is 2. The van der Waals surface area contributed by atoms with Gasteiger partial charge in [-0.15, -0.1) is 0 Å². The van der Waals surface area contributed by atoms with Crippen molar-refractivity contribution in [2.75, 3.05) is 18.0 Å². The molecule has 1 aromatic rings. The van der Waals surface area contributed by atoms with E-state index in [-0.39, 0.29) is 24.1 Å². The van der Waals surface area contributed by atoms with Crippen LogP contribution in [-0.2, 0) is 4.79 Å². The SMILES string of the molecule is CCN(CC(=O)NC(C)C)c1ccc(C)cc1C(=O)O. The summed E-state index contributed by atoms with van der Waals surface area (Å²) in [6, 6.07) is 5.30. The van der Waals surface area contributed by atoms with E-state index in [1.807, 2.05) is 33.8 Å². The van der Waals surface area contributed by atoms with Crippen LogP contribution in [0.4, 0.5) is 5.69 Å². The lowest BCUT2D eigenvalue weighted by Gasteiger charge is -2.25. The molecule has 0 spiro atoms. The number of hydrogen-bond donors (Lipinski definition) is 2. The van der Waals surface area contributed by atoms with Crippen LogP contribution >= 0.6 is 0 Å². The molecule has 0 radical (unpaired) electrons. The Morgan fingerprint density at radius 3 is 2.50 bits per heavy atom. The average Bonchev–Trinajstić information content (AvgIpc) is 2.35. The fraction of sp³-hybridized carbons (Fsp3) is 0.467. The van der Waals surface area contributed by atoms with E-state index in [9.17, 15) is 14.7 Å². The van der Waals surface area contributed by atoms with Crippen molar-refractivity contribution in [1.29, 1.82) is 0 Å². The third-order valence-electron chi connectivity index (χ3n) is 2.89. The van der Waals surface area contributed by atoms with Crippen molar-refractivity contribution in [1.82, 2.24) is 5.32 Å². The number of carboxylic acid groups (broad SMARTS) is 1. The smallest absolute Gasteiger partial charge is 0.337 e. The fourth-order valence-corrected chi connectivity index (χ4v) is 2.01. The predicted molar refractivity (Wildman–Crippen MR) is 79.3 cm³/mol. The van der Waals surface area contributed by atoms with Crippen molar-refractivity contribution in [3.05, 3.63) is 29.3 Å². The number of likely N-dealkylation sites (N-methyl/N-ethyl adjacent to an activating group) is 1. The first-order valence-electron chi connectivity index (χ1n) is 6.73. The van der Waals surface area contributed by atoms with Gasteiger partial charge in [-0.2, -0.15) is 0 Å². The van der Waals surface area contributed by atoms with Crippen molar-refractivity contribution in [2.24, 2.45) is 0 Å². The Labute approximate surface area is 119 Å². The zero-order chi connectivity index (χ0) is 15.3. The number of aryl methyl sites for hydroxylation is 1. The minimum absolute atomic E-state index is 0.0677. The summed E-state index contributed by atoms with van der Waals surface area (Å²) in [6.07, 6.45) is 0. The van der Waals surface area contributed by atoms with Gasteiger partial charge in [0, 0.05) is 12.6 Å². The third kappa shape index (κ3) is 4.26. The van der Waals surface area contributed by atoms with E-state index in [0.29, 0.717) is 12.2 Å². The molecule has 2 N–H and O–H groups in total. The summed E-state index contributed by atoms with van der Waals surface area (Å²) in [5, 5.41) is 12.1. The van der Waals surface area contributed by atoms with Crippen LogP contribution in [0, 0.1) is 6.92 Å². The van der Waals surface area contributed by atoms with Crippen molar-refractivity contribution in [3.63, 3.8) is 0 Å². The van der Waals surface area contributed by atoms with Crippen LogP contribution in [0.25, 0.3) is 0 Å². The fourth-order valence-electron chi connectivity index (χ4n) is 2.01. The van der Waals surface area contributed by atoms with Gasteiger partial charge in [0.05, 0.1) is 17.8 Å². The number of rotatable bonds is 6. The first-order chi connectivity index (χ1) is 9.35. The van der Waals surface area contributed by atoms with Gasteiger partial charge in [-0.3, -0.25) is 4.79 Å². The van der Waals surface area contributed by atoms with E-state index < -0.39 is 5.97 Å². The molecule has 0 unspecified atom stereocenters. The number of carboxylic acids is 1. The molecule has 0 heterocycles. The Kier molecular flexibility index (Phi) is 5.55. The molecule has 1 amide bonds. The van der Waals surface area contributed by atoms with Gasteiger partial charge in [0.1, 0.15) is 0 Å². The standard InChI is InChI=1S/C15H22N2O3/c1-5-17(9-14(18)16-10(2)3)13-7-6-11(4)8-12(13)15(19)20/h6-8,10H,5,9H2,1-4H3,(H,16,18)(H,19,20). The summed E-state index contributed by atoms with van der Waals surface area (Å²) in [5.41, 5.74) is 1.68. The molecule has 1 rings (SSSR count). The number of nitrogens with zero attached hydrogens (tertiary/aromatic N) is 1. The Hall–Kier alpha value is -2.04. The minimum Gasteiger partial charge on any atom is -0.478 e. The normalized spacial score (nSPS) is 10.4. The van der Waals surface area contributed by atoms with Crippen molar-refractivity contribution in [2.45, 2.75) is 33.7 Å². The van der Waals surface area contributed by atoms with Gasteiger partial charge in [0.25, 0.3) is 0 Å². The van der Waals surface area contributed by atoms with Crippen LogP contribution in [0.2, 0.25) is 0 Å². The molecule has 5 nitrogen and oxygen atoms in total. The Morgan fingerprint density at radius 1 is 1.35 bits per heavy atom. The highest BCUT2D eigenvalue weighted by atomic mass is 16.4. The van der Waals surface area contributed by atoms with Gasteiger partial charge in [0.2, 0.25) is 5.91 Å². The van der Waals surface area contributed by atoms with E-state index in [1.54, 1.807) is 17.0 Å². The van der Waals surface area contributed by atoms with E-state index in [2.05, 4.69) is 5.32 Å². The van der Waals surface area contributed by atoms with Gasteiger partial charge in [0.15, 0.2) is 0 Å². The topological polar surface area (TPSA) is 69.6 Å². The van der Waals surface area contributed by atoms with Crippen LogP contribution in [-0.4, -0.2) is 36.1 Å². The molecule has 0 atom stereocenters. The quantitative estimate of drug-likeness (QED) is 0.835. The molecular weight excluding hydrogens is 256 g/mol. The molecule has 0 aliphatic rings. The summed E-state index contributed by atoms with van der Waals surface area (Å²) in [7, 11) is 0. The largest absolute Gasteiger partial charge is 0.478 e. The molecule has 0 saturated heterocycles. The number of amides is 1. The third-order valence-corrected chi connectivity index (χ3v) is 2.89. The van der Waals surface area contributed by atoms with Crippen molar-refractivity contribution < 1.29 is 14.7 Å². The number of nitrogens with one attached hydrogen (secondary N) is 1. The van der Waals surface area contributed by atoms with Crippen LogP contribution in [0.1, 0.15) is 36.7 Å². The molecule has 0 saturated carbocycles. The number of hydrogen-bond acceptors (Lipinski definition) is 3. The minimum atomic E-state index is -0.980. The monoisotopic (exact) mass is 278 g/mol. The number of benzene rings is 1. The lowest BCUT2D eigenvalue weighted by molar-refractivity contribution is -0.120. The first kappa shape index (κ1) is 16.0. The predicted octanol–water partition coefficient (Wildman–Crippen LogP) is 2.04. The van der Waals surface area contributed by atoms with E-state index in [0.717, 1.165) is 5.56 Å². The van der Waals surface area contributed by atoms with Crippen LogP contribution < -0.4 is 10.2 Å². The second kappa shape index (κ2) is 6.93. The molecule has 20 heavy (non-hydrogen) atoms. The lowest BCUT2D eigenvalue weighted by atomic mass is 10.1. The molecule has 110 valence electrons. The lowest BCUT2D eigenvalue weighted by Crippen LogP contribution is -2.40. The highest BCUT2D eigenvalue weighted by Crippen LogP contribution is 2.22. The van der Waals surface area contributed by atoms with E-state index in [4.69, 9.17) is 0 Å².